The molecule has 0 saturated heterocycles. The highest BCUT2D eigenvalue weighted by atomic mass is 32.2. The van der Waals surface area contributed by atoms with Crippen molar-refractivity contribution >= 4 is 15.7 Å². The van der Waals surface area contributed by atoms with Gasteiger partial charge in [0.1, 0.15) is 5.82 Å². The van der Waals surface area contributed by atoms with Crippen molar-refractivity contribution in [3.63, 3.8) is 0 Å². The summed E-state index contributed by atoms with van der Waals surface area (Å²) >= 11 is 0. The lowest BCUT2D eigenvalue weighted by atomic mass is 10.2. The van der Waals surface area contributed by atoms with E-state index >= 15 is 0 Å². The molecule has 0 spiro atoms. The van der Waals surface area contributed by atoms with Crippen molar-refractivity contribution in [2.45, 2.75) is 25.7 Å². The molecular formula is C11H17FN2O2S. The molecule has 0 unspecified atom stereocenters. The number of sulfonamides is 1. The molecule has 0 aliphatic heterocycles. The molecule has 0 aromatic heterocycles. The largest absolute Gasteiger partial charge is 0.398 e. The minimum atomic E-state index is -3.69. The molecule has 6 heteroatoms. The van der Waals surface area contributed by atoms with Gasteiger partial charge in [-0.2, -0.15) is 0 Å². The van der Waals surface area contributed by atoms with Crippen molar-refractivity contribution in [1.29, 1.82) is 0 Å². The quantitative estimate of drug-likeness (QED) is 0.808. The Morgan fingerprint density at radius 2 is 2.00 bits per heavy atom. The van der Waals surface area contributed by atoms with E-state index in [2.05, 4.69) is 4.72 Å². The maximum absolute atomic E-state index is 13.4. The van der Waals surface area contributed by atoms with E-state index in [0.717, 1.165) is 6.07 Å². The van der Waals surface area contributed by atoms with Gasteiger partial charge in [-0.05, 0) is 25.0 Å². The molecule has 0 aliphatic rings. The number of nitrogens with two attached hydrogens (primary N) is 1. The van der Waals surface area contributed by atoms with Crippen molar-refractivity contribution < 1.29 is 12.8 Å². The Hall–Kier alpha value is -1.14. The van der Waals surface area contributed by atoms with Gasteiger partial charge in [0.05, 0.1) is 4.90 Å². The second-order valence-corrected chi connectivity index (χ2v) is 6.13. The zero-order valence-electron chi connectivity index (χ0n) is 10.1. The summed E-state index contributed by atoms with van der Waals surface area (Å²) in [6.45, 7) is 5.57. The van der Waals surface area contributed by atoms with Crippen molar-refractivity contribution in [2.24, 2.45) is 5.92 Å². The average Bonchev–Trinajstić information content (AvgIpc) is 2.22. The fourth-order valence-electron chi connectivity index (χ4n) is 1.19. The van der Waals surface area contributed by atoms with Gasteiger partial charge in [0.15, 0.2) is 0 Å². The number of benzene rings is 1. The SMILES string of the molecule is Cc1c(N)cc(S(=O)(=O)NCC(C)C)cc1F. The number of halogens is 1. The molecule has 0 amide bonds. The van der Waals surface area contributed by atoms with Crippen LogP contribution in [0.25, 0.3) is 0 Å². The van der Waals surface area contributed by atoms with Gasteiger partial charge in [-0.1, -0.05) is 13.8 Å². The van der Waals surface area contributed by atoms with E-state index in [1.807, 2.05) is 13.8 Å². The molecule has 0 saturated carbocycles. The lowest BCUT2D eigenvalue weighted by molar-refractivity contribution is 0.557. The molecular weight excluding hydrogens is 243 g/mol. The average molecular weight is 260 g/mol. The maximum Gasteiger partial charge on any atom is 0.240 e. The number of anilines is 1. The lowest BCUT2D eigenvalue weighted by Crippen LogP contribution is -2.27. The molecule has 0 radical (unpaired) electrons. The summed E-state index contributed by atoms with van der Waals surface area (Å²) in [6.07, 6.45) is 0. The first-order valence-electron chi connectivity index (χ1n) is 5.29. The topological polar surface area (TPSA) is 72.2 Å². The standard InChI is InChI=1S/C11H17FN2O2S/c1-7(2)6-14-17(15,16)9-4-10(12)8(3)11(13)5-9/h4-5,7,14H,6,13H2,1-3H3. The summed E-state index contributed by atoms with van der Waals surface area (Å²) < 4.78 is 39.4. The van der Waals surface area contributed by atoms with Crippen LogP contribution in [-0.4, -0.2) is 15.0 Å². The number of hydrogen-bond acceptors (Lipinski definition) is 3. The van der Waals surface area contributed by atoms with Crippen molar-refractivity contribution in [3.8, 4) is 0 Å². The number of nitrogen functional groups attached to an aromatic ring is 1. The van der Waals surface area contributed by atoms with Crippen LogP contribution in [-0.2, 0) is 10.0 Å². The van der Waals surface area contributed by atoms with Gasteiger partial charge in [0.2, 0.25) is 10.0 Å². The molecule has 0 fully saturated rings. The van der Waals surface area contributed by atoms with Crippen LogP contribution in [0.2, 0.25) is 0 Å². The van der Waals surface area contributed by atoms with Gasteiger partial charge in [-0.25, -0.2) is 17.5 Å². The Bertz CT molecular complexity index is 489. The molecule has 0 aliphatic carbocycles. The normalized spacial score (nSPS) is 12.1. The summed E-state index contributed by atoms with van der Waals surface area (Å²) in [5, 5.41) is 0. The number of nitrogens with one attached hydrogen (secondary N) is 1. The minimum Gasteiger partial charge on any atom is -0.398 e. The summed E-state index contributed by atoms with van der Waals surface area (Å²) in [7, 11) is -3.69. The molecule has 1 aromatic carbocycles. The monoisotopic (exact) mass is 260 g/mol. The summed E-state index contributed by atoms with van der Waals surface area (Å²) in [6, 6.07) is 2.25. The van der Waals surface area contributed by atoms with Crippen molar-refractivity contribution in [1.82, 2.24) is 4.72 Å². The van der Waals surface area contributed by atoms with E-state index < -0.39 is 15.8 Å². The first-order chi connectivity index (χ1) is 7.74. The maximum atomic E-state index is 13.4. The van der Waals surface area contributed by atoms with E-state index in [9.17, 15) is 12.8 Å². The fourth-order valence-corrected chi connectivity index (χ4v) is 2.45. The smallest absolute Gasteiger partial charge is 0.240 e. The second-order valence-electron chi connectivity index (χ2n) is 4.37. The zero-order valence-corrected chi connectivity index (χ0v) is 10.9. The Kier molecular flexibility index (Phi) is 4.11. The third kappa shape index (κ3) is 3.41. The molecule has 1 aromatic rings. The molecule has 1 rings (SSSR count). The van der Waals surface area contributed by atoms with E-state index in [0.29, 0.717) is 6.54 Å². The molecule has 3 N–H and O–H groups in total. The van der Waals surface area contributed by atoms with Crippen LogP contribution in [0.1, 0.15) is 19.4 Å². The van der Waals surface area contributed by atoms with Crippen molar-refractivity contribution in [2.75, 3.05) is 12.3 Å². The Balaban J connectivity index is 3.08. The number of hydrogen-bond donors (Lipinski definition) is 2. The van der Waals surface area contributed by atoms with E-state index in [1.165, 1.54) is 13.0 Å². The Morgan fingerprint density at radius 3 is 2.47 bits per heavy atom. The van der Waals surface area contributed by atoms with Crippen LogP contribution in [0.4, 0.5) is 10.1 Å². The van der Waals surface area contributed by atoms with Crippen LogP contribution in [0.15, 0.2) is 17.0 Å². The van der Waals surface area contributed by atoms with Gasteiger partial charge < -0.3 is 5.73 Å². The third-order valence-electron chi connectivity index (χ3n) is 2.35. The van der Waals surface area contributed by atoms with Crippen molar-refractivity contribution in [3.05, 3.63) is 23.5 Å². The van der Waals surface area contributed by atoms with Gasteiger partial charge in [0.25, 0.3) is 0 Å². The third-order valence-corrected chi connectivity index (χ3v) is 3.75. The van der Waals surface area contributed by atoms with Crippen LogP contribution in [0.5, 0.6) is 0 Å². The highest BCUT2D eigenvalue weighted by molar-refractivity contribution is 7.89. The van der Waals surface area contributed by atoms with Gasteiger partial charge in [0, 0.05) is 17.8 Å². The van der Waals surface area contributed by atoms with E-state index in [-0.39, 0.29) is 22.1 Å². The molecule has 17 heavy (non-hydrogen) atoms. The second kappa shape index (κ2) is 5.01. The van der Waals surface area contributed by atoms with Gasteiger partial charge >= 0.3 is 0 Å². The zero-order chi connectivity index (χ0) is 13.2. The summed E-state index contributed by atoms with van der Waals surface area (Å²) in [5.41, 5.74) is 5.93. The van der Waals surface area contributed by atoms with Crippen LogP contribution >= 0.6 is 0 Å². The predicted octanol–water partition coefficient (Wildman–Crippen LogP) is 1.65. The highest BCUT2D eigenvalue weighted by Crippen LogP contribution is 2.20. The van der Waals surface area contributed by atoms with E-state index in [4.69, 9.17) is 5.73 Å². The van der Waals surface area contributed by atoms with Crippen LogP contribution < -0.4 is 10.5 Å². The fraction of sp³-hybridized carbons (Fsp3) is 0.455. The minimum absolute atomic E-state index is 0.134. The Morgan fingerprint density at radius 1 is 1.41 bits per heavy atom. The lowest BCUT2D eigenvalue weighted by Gasteiger charge is -2.10. The van der Waals surface area contributed by atoms with Gasteiger partial charge in [-0.15, -0.1) is 0 Å². The molecule has 0 bridgehead atoms. The molecule has 0 atom stereocenters. The molecule has 96 valence electrons. The highest BCUT2D eigenvalue weighted by Gasteiger charge is 2.17. The first-order valence-corrected chi connectivity index (χ1v) is 6.77. The van der Waals surface area contributed by atoms with Crippen LogP contribution in [0, 0.1) is 18.7 Å². The predicted molar refractivity (Wildman–Crippen MR) is 65.6 cm³/mol. The molecule has 0 heterocycles. The summed E-state index contributed by atoms with van der Waals surface area (Å²) in [5.74, 6) is -0.438. The van der Waals surface area contributed by atoms with E-state index in [1.54, 1.807) is 0 Å². The van der Waals surface area contributed by atoms with Gasteiger partial charge in [-0.3, -0.25) is 0 Å². The Labute approximate surface area is 101 Å². The molecule has 4 nitrogen and oxygen atoms in total. The number of rotatable bonds is 4. The van der Waals surface area contributed by atoms with Crippen LogP contribution in [0.3, 0.4) is 0 Å². The first kappa shape index (κ1) is 13.9. The summed E-state index contributed by atoms with van der Waals surface area (Å²) in [4.78, 5) is -0.140.